The van der Waals surface area contributed by atoms with Crippen LogP contribution in [0.2, 0.25) is 0 Å². The lowest BCUT2D eigenvalue weighted by Gasteiger charge is -1.85. The van der Waals surface area contributed by atoms with Gasteiger partial charge in [0.05, 0.1) is 6.26 Å². The molecule has 0 N–H and O–H groups in total. The Kier molecular flexibility index (Phi) is 2.01. The van der Waals surface area contributed by atoms with E-state index in [1.165, 1.54) is 0 Å². The highest BCUT2D eigenvalue weighted by atomic mass is 31.1. The van der Waals surface area contributed by atoms with Crippen LogP contribution in [0.5, 0.6) is 0 Å². The van der Waals surface area contributed by atoms with Crippen LogP contribution in [0.4, 0.5) is 0 Å². The smallest absolute Gasteiger partial charge is 0.200 e. The third-order valence-corrected chi connectivity index (χ3v) is 1.81. The summed E-state index contributed by atoms with van der Waals surface area (Å²) in [7, 11) is 0.116. The van der Waals surface area contributed by atoms with E-state index in [0.717, 1.165) is 11.3 Å². The first-order chi connectivity index (χ1) is 4.30. The number of rotatable bonds is 0. The first kappa shape index (κ1) is 6.50. The van der Waals surface area contributed by atoms with Gasteiger partial charge in [-0.15, -0.1) is 0 Å². The van der Waals surface area contributed by atoms with Crippen molar-refractivity contribution >= 4 is 8.67 Å². The van der Waals surface area contributed by atoms with E-state index in [4.69, 9.17) is 8.39 Å². The van der Waals surface area contributed by atoms with E-state index in [0.29, 0.717) is 0 Å². The average Bonchev–Trinajstić information content (AvgIpc) is 1.99. The topological polar surface area (TPSA) is 26.3 Å². The van der Waals surface area contributed by atoms with Gasteiger partial charge in [-0.25, -0.2) is 0 Å². The Hall–Kier alpha value is -0.620. The standard InChI is InChI=1S/C6H9O2P/c1-5-3-4-7-9-8-6(5)2/h3-4,9H,1-2H3. The van der Waals surface area contributed by atoms with Crippen molar-refractivity contribution in [2.45, 2.75) is 13.8 Å². The Morgan fingerprint density at radius 3 is 3.00 bits per heavy atom. The van der Waals surface area contributed by atoms with Gasteiger partial charge in [-0.3, -0.25) is 0 Å². The number of aryl methyl sites for hydroxylation is 2. The number of hydrogen-bond donors (Lipinski definition) is 0. The molecule has 9 heavy (non-hydrogen) atoms. The molecule has 1 aromatic rings. The third kappa shape index (κ3) is 1.65. The maximum absolute atomic E-state index is 5.14. The molecule has 0 aliphatic carbocycles. The molecular formula is C6H9O2P. The fourth-order valence-corrected chi connectivity index (χ4v) is 0.906. The quantitative estimate of drug-likeness (QED) is 0.559. The second-order valence-corrected chi connectivity index (χ2v) is 2.45. The highest BCUT2D eigenvalue weighted by Crippen LogP contribution is 2.09. The molecule has 0 fully saturated rings. The Bertz CT molecular complexity index is 196. The van der Waals surface area contributed by atoms with E-state index in [1.54, 1.807) is 6.26 Å². The second kappa shape index (κ2) is 2.79. The Balaban J connectivity index is 3.24. The highest BCUT2D eigenvalue weighted by Gasteiger charge is 1.86. The first-order valence-electron chi connectivity index (χ1n) is 2.72. The van der Waals surface area contributed by atoms with E-state index in [9.17, 15) is 0 Å². The van der Waals surface area contributed by atoms with Gasteiger partial charge in [-0.2, -0.15) is 0 Å². The molecule has 1 aromatic heterocycles. The van der Waals surface area contributed by atoms with Crippen LogP contribution in [0.3, 0.4) is 0 Å². The third-order valence-electron chi connectivity index (χ3n) is 1.18. The Labute approximate surface area is 55.5 Å². The predicted molar refractivity (Wildman–Crippen MR) is 37.6 cm³/mol. The van der Waals surface area contributed by atoms with Gasteiger partial charge in [0.1, 0.15) is 5.76 Å². The summed E-state index contributed by atoms with van der Waals surface area (Å²) in [5.41, 5.74) is 1.13. The molecule has 0 aliphatic rings. The van der Waals surface area contributed by atoms with E-state index in [1.807, 2.05) is 19.9 Å². The van der Waals surface area contributed by atoms with Gasteiger partial charge in [0.2, 0.25) is 8.67 Å². The van der Waals surface area contributed by atoms with Gasteiger partial charge < -0.3 is 8.39 Å². The van der Waals surface area contributed by atoms with Gasteiger partial charge in [0.25, 0.3) is 0 Å². The summed E-state index contributed by atoms with van der Waals surface area (Å²) in [5.74, 6) is 0.946. The molecule has 1 unspecified atom stereocenters. The zero-order valence-electron chi connectivity index (χ0n) is 5.47. The molecule has 0 radical (unpaired) electrons. The molecular weight excluding hydrogens is 135 g/mol. The molecule has 1 heterocycles. The maximum Gasteiger partial charge on any atom is 0.200 e. The summed E-state index contributed by atoms with van der Waals surface area (Å²) in [5, 5.41) is 0. The zero-order valence-corrected chi connectivity index (χ0v) is 6.47. The minimum absolute atomic E-state index is 0.116. The van der Waals surface area contributed by atoms with Crippen LogP contribution in [-0.2, 0) is 0 Å². The van der Waals surface area contributed by atoms with Crippen LogP contribution in [0, 0.1) is 13.8 Å². The molecule has 3 heteroatoms. The van der Waals surface area contributed by atoms with Crippen molar-refractivity contribution in [1.29, 1.82) is 0 Å². The minimum Gasteiger partial charge on any atom is -0.430 e. The van der Waals surface area contributed by atoms with Crippen molar-refractivity contribution in [3.05, 3.63) is 23.7 Å². The van der Waals surface area contributed by atoms with Crippen molar-refractivity contribution in [3.8, 4) is 0 Å². The molecule has 0 bridgehead atoms. The fraction of sp³-hybridized carbons (Fsp3) is 0.333. The van der Waals surface area contributed by atoms with E-state index < -0.39 is 0 Å². The summed E-state index contributed by atoms with van der Waals surface area (Å²) >= 11 is 0. The molecule has 0 saturated heterocycles. The Morgan fingerprint density at radius 1 is 1.44 bits per heavy atom. The van der Waals surface area contributed by atoms with Crippen LogP contribution in [-0.4, -0.2) is 0 Å². The molecule has 0 spiro atoms. The summed E-state index contributed by atoms with van der Waals surface area (Å²) in [6.07, 6.45) is 1.66. The Morgan fingerprint density at radius 2 is 2.22 bits per heavy atom. The van der Waals surface area contributed by atoms with Crippen LogP contribution in [0.25, 0.3) is 0 Å². The maximum atomic E-state index is 5.14. The van der Waals surface area contributed by atoms with Crippen LogP contribution in [0.15, 0.2) is 20.7 Å². The van der Waals surface area contributed by atoms with E-state index in [-0.39, 0.29) is 8.67 Å². The monoisotopic (exact) mass is 144 g/mol. The van der Waals surface area contributed by atoms with Crippen LogP contribution >= 0.6 is 8.67 Å². The summed E-state index contributed by atoms with van der Waals surface area (Å²) in [4.78, 5) is 0. The first-order valence-corrected chi connectivity index (χ1v) is 3.54. The van der Waals surface area contributed by atoms with Crippen molar-refractivity contribution in [2.75, 3.05) is 0 Å². The summed E-state index contributed by atoms with van der Waals surface area (Å²) in [6.45, 7) is 3.92. The van der Waals surface area contributed by atoms with Crippen molar-refractivity contribution in [3.63, 3.8) is 0 Å². The molecule has 1 atom stereocenters. The van der Waals surface area contributed by atoms with Crippen molar-refractivity contribution in [1.82, 2.24) is 0 Å². The highest BCUT2D eigenvalue weighted by molar-refractivity contribution is 7.15. The lowest BCUT2D eigenvalue weighted by Crippen LogP contribution is -1.68. The molecule has 0 aliphatic heterocycles. The summed E-state index contributed by atoms with van der Waals surface area (Å²) in [6, 6.07) is 1.90. The molecule has 2 nitrogen and oxygen atoms in total. The van der Waals surface area contributed by atoms with Crippen molar-refractivity contribution < 1.29 is 8.39 Å². The van der Waals surface area contributed by atoms with Crippen LogP contribution < -0.4 is 0 Å². The van der Waals surface area contributed by atoms with E-state index in [2.05, 4.69) is 0 Å². The van der Waals surface area contributed by atoms with Gasteiger partial charge in [0, 0.05) is 0 Å². The second-order valence-electron chi connectivity index (χ2n) is 1.85. The van der Waals surface area contributed by atoms with Crippen LogP contribution in [0.1, 0.15) is 11.3 Å². The van der Waals surface area contributed by atoms with Gasteiger partial charge >= 0.3 is 0 Å². The molecule has 0 aromatic carbocycles. The molecule has 0 amide bonds. The lowest BCUT2D eigenvalue weighted by atomic mass is 10.3. The average molecular weight is 144 g/mol. The fourth-order valence-electron chi connectivity index (χ4n) is 0.448. The normalized spacial score (nSPS) is 10.0. The number of hydrogen-bond acceptors (Lipinski definition) is 2. The van der Waals surface area contributed by atoms with Crippen molar-refractivity contribution in [2.24, 2.45) is 0 Å². The predicted octanol–water partition coefficient (Wildman–Crippen LogP) is 2.65. The van der Waals surface area contributed by atoms with Gasteiger partial charge in [-0.05, 0) is 25.5 Å². The molecule has 0 saturated carbocycles. The molecule has 50 valence electrons. The lowest BCUT2D eigenvalue weighted by molar-refractivity contribution is 0.585. The zero-order chi connectivity index (χ0) is 6.69. The SMILES string of the molecule is Cc1cco[pH]oc1C. The minimum atomic E-state index is 0.116. The van der Waals surface area contributed by atoms with Gasteiger partial charge in [0.15, 0.2) is 0 Å². The van der Waals surface area contributed by atoms with E-state index >= 15 is 0 Å². The summed E-state index contributed by atoms with van der Waals surface area (Å²) < 4.78 is 10.1. The van der Waals surface area contributed by atoms with Gasteiger partial charge in [-0.1, -0.05) is 0 Å². The largest absolute Gasteiger partial charge is 0.430 e. The molecule has 1 rings (SSSR count).